The fraction of sp³-hybridized carbons (Fsp3) is 0.167. The fourth-order valence-electron chi connectivity index (χ4n) is 3.22. The number of ether oxygens (including phenoxy) is 1. The van der Waals surface area contributed by atoms with Crippen molar-refractivity contribution in [3.05, 3.63) is 78.6 Å². The van der Waals surface area contributed by atoms with Crippen molar-refractivity contribution in [3.8, 4) is 50.9 Å². The number of aliphatic carboxylic acids is 3. The van der Waals surface area contributed by atoms with Gasteiger partial charge in [0.25, 0.3) is 0 Å². The standard InChI is InChI=1S/C24H20N2O3.3C2H4O2.Mn/c1-15-5-3-6-18(23(15)27)16-9-11-20(25-13-16)21-12-10-17(14-26-21)19-7-4-8-22(29-2)24(19)28;3*1-2(3)4;/h3-14,27-28H,1-2H3;3*1H3,(H,3,4);/q;;;;+3/p-3. The van der Waals surface area contributed by atoms with E-state index >= 15 is 0 Å². The molecule has 2 N–H and O–H groups in total. The van der Waals surface area contributed by atoms with Crippen LogP contribution in [0.15, 0.2) is 73.1 Å². The van der Waals surface area contributed by atoms with Crippen molar-refractivity contribution in [1.29, 1.82) is 0 Å². The maximum absolute atomic E-state index is 10.3. The third kappa shape index (κ3) is 12.5. The number of nitrogens with zero attached hydrogens (tertiary/aromatic N) is 2. The van der Waals surface area contributed by atoms with E-state index in [1.807, 2.05) is 61.5 Å². The molecule has 42 heavy (non-hydrogen) atoms. The van der Waals surface area contributed by atoms with Gasteiger partial charge in [0.2, 0.25) is 0 Å². The minimum atomic E-state index is -1.08. The van der Waals surface area contributed by atoms with Gasteiger partial charge in [-0.15, -0.1) is 0 Å². The van der Waals surface area contributed by atoms with Crippen molar-refractivity contribution < 1.29 is 61.7 Å². The van der Waals surface area contributed by atoms with Gasteiger partial charge in [-0.2, -0.15) is 0 Å². The second-order valence-corrected chi connectivity index (χ2v) is 8.17. The molecular formula is C30H29MnN2O9. The Labute approximate surface area is 253 Å². The van der Waals surface area contributed by atoms with E-state index in [-0.39, 0.29) is 28.6 Å². The summed E-state index contributed by atoms with van der Waals surface area (Å²) in [4.78, 5) is 35.7. The predicted molar refractivity (Wildman–Crippen MR) is 145 cm³/mol. The molecule has 0 aliphatic heterocycles. The molecule has 0 radical (unpaired) electrons. The van der Waals surface area contributed by atoms with Gasteiger partial charge >= 0.3 is 17.1 Å². The maximum atomic E-state index is 10.3. The Morgan fingerprint density at radius 1 is 0.667 bits per heavy atom. The average Bonchev–Trinajstić information content (AvgIpc) is 2.90. The molecule has 0 atom stereocenters. The van der Waals surface area contributed by atoms with Gasteiger partial charge in [-0.3, -0.25) is 9.97 Å². The number of aromatic hydroxyl groups is 2. The third-order valence-electron chi connectivity index (χ3n) is 4.87. The van der Waals surface area contributed by atoms with Gasteiger partial charge in [0, 0.05) is 52.6 Å². The maximum Gasteiger partial charge on any atom is 3.00 e. The van der Waals surface area contributed by atoms with Gasteiger partial charge in [0.15, 0.2) is 11.5 Å². The Morgan fingerprint density at radius 2 is 1.05 bits per heavy atom. The molecule has 4 rings (SSSR count). The molecule has 11 nitrogen and oxygen atoms in total. The van der Waals surface area contributed by atoms with Gasteiger partial charge in [-0.1, -0.05) is 42.5 Å². The summed E-state index contributed by atoms with van der Waals surface area (Å²) < 4.78 is 5.17. The van der Waals surface area contributed by atoms with Crippen molar-refractivity contribution in [3.63, 3.8) is 0 Å². The van der Waals surface area contributed by atoms with Crippen LogP contribution in [0.3, 0.4) is 0 Å². The van der Waals surface area contributed by atoms with E-state index in [9.17, 15) is 10.2 Å². The van der Waals surface area contributed by atoms with Crippen LogP contribution in [0, 0.1) is 6.92 Å². The number of carboxylic acid groups (broad SMARTS) is 3. The number of phenols is 2. The van der Waals surface area contributed by atoms with Crippen LogP contribution in [-0.4, -0.2) is 45.2 Å². The van der Waals surface area contributed by atoms with E-state index in [0.717, 1.165) is 54.4 Å². The topological polar surface area (TPSA) is 196 Å². The number of benzene rings is 2. The van der Waals surface area contributed by atoms with Crippen LogP contribution in [0.25, 0.3) is 33.6 Å². The summed E-state index contributed by atoms with van der Waals surface area (Å²) in [6, 6.07) is 18.5. The summed E-state index contributed by atoms with van der Waals surface area (Å²) in [7, 11) is 1.52. The van der Waals surface area contributed by atoms with Gasteiger partial charge < -0.3 is 44.7 Å². The van der Waals surface area contributed by atoms with E-state index in [0.29, 0.717) is 11.3 Å². The molecule has 0 saturated heterocycles. The van der Waals surface area contributed by atoms with Gasteiger partial charge in [-0.25, -0.2) is 0 Å². The van der Waals surface area contributed by atoms with Crippen LogP contribution < -0.4 is 20.1 Å². The van der Waals surface area contributed by atoms with E-state index in [4.69, 9.17) is 34.4 Å². The van der Waals surface area contributed by atoms with Gasteiger partial charge in [-0.05, 0) is 51.5 Å². The smallest absolute Gasteiger partial charge is 0.550 e. The molecule has 0 fully saturated rings. The third-order valence-corrected chi connectivity index (χ3v) is 4.87. The first-order chi connectivity index (χ1) is 19.3. The number of hydrogen-bond donors (Lipinski definition) is 2. The normalized spacial score (nSPS) is 9.17. The summed E-state index contributed by atoms with van der Waals surface area (Å²) in [6.07, 6.45) is 3.43. The van der Waals surface area contributed by atoms with Crippen molar-refractivity contribution in [2.75, 3.05) is 7.11 Å². The predicted octanol–water partition coefficient (Wildman–Crippen LogP) is 1.47. The number of aromatic nitrogens is 2. The first kappa shape index (κ1) is 37.1. The summed E-state index contributed by atoms with van der Waals surface area (Å²) in [5, 5.41) is 47.3. The molecule has 2 heterocycles. The number of pyridine rings is 2. The largest absolute Gasteiger partial charge is 3.00 e. The van der Waals surface area contributed by atoms with Gasteiger partial charge in [0.1, 0.15) is 5.75 Å². The molecule has 12 heteroatoms. The number of phenolic OH excluding ortho intramolecular Hbond substituents is 2. The zero-order valence-electron chi connectivity index (χ0n) is 23.5. The van der Waals surface area contributed by atoms with Crippen LogP contribution in [0.4, 0.5) is 0 Å². The summed E-state index contributed by atoms with van der Waals surface area (Å²) in [6.45, 7) is 4.78. The first-order valence-electron chi connectivity index (χ1n) is 11.9. The summed E-state index contributed by atoms with van der Waals surface area (Å²) in [5.41, 5.74) is 5.30. The Hall–Kier alpha value is -4.93. The van der Waals surface area contributed by atoms with E-state index in [1.54, 1.807) is 18.5 Å². The SMILES string of the molecule is CC(=O)[O-].CC(=O)[O-].CC(=O)[O-].COc1cccc(-c2ccc(-c3ccc(-c4cccc(C)c4O)cn3)nc2)c1O.[Mn+3]. The number of methoxy groups -OCH3 is 1. The Balaban J connectivity index is 0.00000111. The second kappa shape index (κ2) is 18.4. The molecule has 2 aromatic carbocycles. The molecule has 0 unspecified atom stereocenters. The number of para-hydroxylation sites is 2. The number of carbonyl (C=O) groups excluding carboxylic acids is 3. The summed E-state index contributed by atoms with van der Waals surface area (Å²) in [5.74, 6) is -2.48. The molecule has 2 aromatic heterocycles. The van der Waals surface area contributed by atoms with Crippen molar-refractivity contribution in [2.45, 2.75) is 27.7 Å². The Kier molecular flexibility index (Phi) is 16.3. The second-order valence-electron chi connectivity index (χ2n) is 8.17. The van der Waals surface area contributed by atoms with Crippen LogP contribution in [0.1, 0.15) is 26.3 Å². The number of aryl methyl sites for hydroxylation is 1. The first-order valence-corrected chi connectivity index (χ1v) is 11.9. The molecule has 0 amide bonds. The number of carboxylic acids is 3. The van der Waals surface area contributed by atoms with Crippen LogP contribution in [0.2, 0.25) is 0 Å². The molecule has 0 aliphatic carbocycles. The number of carbonyl (C=O) groups is 3. The molecule has 0 spiro atoms. The zero-order chi connectivity index (χ0) is 31.1. The van der Waals surface area contributed by atoms with Crippen LogP contribution in [-0.2, 0) is 31.5 Å². The quantitative estimate of drug-likeness (QED) is 0.315. The van der Waals surface area contributed by atoms with Crippen LogP contribution in [0.5, 0.6) is 17.2 Å². The minimum absolute atomic E-state index is 0. The van der Waals surface area contributed by atoms with Crippen molar-refractivity contribution in [1.82, 2.24) is 9.97 Å². The monoisotopic (exact) mass is 616 g/mol. The molecular weight excluding hydrogens is 587 g/mol. The summed E-state index contributed by atoms with van der Waals surface area (Å²) >= 11 is 0. The van der Waals surface area contributed by atoms with Crippen LogP contribution >= 0.6 is 0 Å². The molecule has 220 valence electrons. The van der Waals surface area contributed by atoms with E-state index in [2.05, 4.69) is 9.97 Å². The van der Waals surface area contributed by atoms with E-state index in [1.165, 1.54) is 7.11 Å². The number of hydrogen-bond acceptors (Lipinski definition) is 11. The van der Waals surface area contributed by atoms with E-state index < -0.39 is 17.9 Å². The molecule has 0 bridgehead atoms. The van der Waals surface area contributed by atoms with Crippen molar-refractivity contribution >= 4 is 17.9 Å². The Bertz CT molecular complexity index is 1420. The number of rotatable bonds is 4. The molecule has 0 aliphatic rings. The van der Waals surface area contributed by atoms with Gasteiger partial charge in [0.05, 0.1) is 18.5 Å². The van der Waals surface area contributed by atoms with Crippen molar-refractivity contribution in [2.24, 2.45) is 0 Å². The molecule has 0 saturated carbocycles. The minimum Gasteiger partial charge on any atom is -0.550 e. The fourth-order valence-corrected chi connectivity index (χ4v) is 3.22. The molecule has 4 aromatic rings. The Morgan fingerprint density at radius 3 is 1.40 bits per heavy atom. The average molecular weight is 617 g/mol. The zero-order valence-corrected chi connectivity index (χ0v) is 24.6.